The fraction of sp³-hybridized carbons (Fsp3) is 0.435. The van der Waals surface area contributed by atoms with Gasteiger partial charge in [-0.25, -0.2) is 13.4 Å². The van der Waals surface area contributed by atoms with Gasteiger partial charge in [-0.2, -0.15) is 0 Å². The van der Waals surface area contributed by atoms with Crippen LogP contribution in [-0.2, 0) is 21.1 Å². The molecule has 2 aromatic rings. The lowest BCUT2D eigenvalue weighted by Gasteiger charge is -2.14. The minimum Gasteiger partial charge on any atom is -0.491 e. The van der Waals surface area contributed by atoms with E-state index < -0.39 is 9.84 Å². The van der Waals surface area contributed by atoms with Crippen LogP contribution in [0.1, 0.15) is 25.0 Å². The molecule has 7 nitrogen and oxygen atoms in total. The third-order valence-electron chi connectivity index (χ3n) is 4.43. The average Bonchev–Trinajstić information content (AvgIpc) is 2.76. The number of nitrogens with zero attached hydrogens (tertiary/aromatic N) is 1. The molecule has 178 valence electrons. The summed E-state index contributed by atoms with van der Waals surface area (Å²) in [6.45, 7) is 8.94. The maximum atomic E-state index is 12.4. The average molecular weight is 576 g/mol. The zero-order valence-corrected chi connectivity index (χ0v) is 22.1. The molecule has 0 heterocycles. The van der Waals surface area contributed by atoms with Gasteiger partial charge in [0.15, 0.2) is 15.8 Å². The van der Waals surface area contributed by atoms with Crippen molar-refractivity contribution in [2.45, 2.75) is 32.2 Å². The van der Waals surface area contributed by atoms with Crippen molar-refractivity contribution in [3.8, 4) is 5.75 Å². The molecule has 0 aliphatic rings. The van der Waals surface area contributed by atoms with Crippen LogP contribution in [0.25, 0.3) is 0 Å². The number of aliphatic imine (C=N–C) groups is 1. The van der Waals surface area contributed by atoms with Gasteiger partial charge < -0.3 is 20.1 Å². The number of benzene rings is 2. The van der Waals surface area contributed by atoms with Crippen LogP contribution < -0.4 is 15.4 Å². The predicted octanol–water partition coefficient (Wildman–Crippen LogP) is 3.56. The number of aryl methyl sites for hydroxylation is 1. The maximum absolute atomic E-state index is 12.4. The quantitative estimate of drug-likeness (QED) is 0.174. The van der Waals surface area contributed by atoms with Crippen LogP contribution in [0.5, 0.6) is 5.75 Å². The second-order valence-electron chi connectivity index (χ2n) is 6.91. The van der Waals surface area contributed by atoms with E-state index >= 15 is 0 Å². The van der Waals surface area contributed by atoms with Crippen LogP contribution >= 0.6 is 24.0 Å². The molecule has 0 saturated carbocycles. The van der Waals surface area contributed by atoms with Crippen LogP contribution in [-0.4, -0.2) is 53.0 Å². The van der Waals surface area contributed by atoms with Crippen molar-refractivity contribution in [1.29, 1.82) is 0 Å². The molecular formula is C23H34IN3O4S. The Kier molecular flexibility index (Phi) is 13.3. The largest absolute Gasteiger partial charge is 0.491 e. The topological polar surface area (TPSA) is 89.0 Å². The van der Waals surface area contributed by atoms with Crippen LogP contribution in [0.4, 0.5) is 0 Å². The van der Waals surface area contributed by atoms with Gasteiger partial charge >= 0.3 is 0 Å². The lowest BCUT2D eigenvalue weighted by molar-refractivity contribution is 0.110. The summed E-state index contributed by atoms with van der Waals surface area (Å²) in [6.07, 6.45) is 0. The monoisotopic (exact) mass is 575 g/mol. The third-order valence-corrected chi connectivity index (χ3v) is 6.16. The van der Waals surface area contributed by atoms with E-state index in [-0.39, 0.29) is 36.3 Å². The predicted molar refractivity (Wildman–Crippen MR) is 140 cm³/mol. The zero-order chi connectivity index (χ0) is 22.5. The number of guanidine groups is 1. The van der Waals surface area contributed by atoms with Crippen molar-refractivity contribution in [3.63, 3.8) is 0 Å². The molecule has 0 amide bonds. The lowest BCUT2D eigenvalue weighted by atomic mass is 10.1. The van der Waals surface area contributed by atoms with Crippen LogP contribution in [0, 0.1) is 6.92 Å². The van der Waals surface area contributed by atoms with Gasteiger partial charge in [0.05, 0.1) is 23.8 Å². The first kappa shape index (κ1) is 28.2. The normalized spacial score (nSPS) is 11.5. The molecular weight excluding hydrogens is 541 g/mol. The molecule has 0 atom stereocenters. The second kappa shape index (κ2) is 15.1. The molecule has 0 unspecified atom stereocenters. The Bertz CT molecular complexity index is 938. The minimum atomic E-state index is -3.34. The first-order chi connectivity index (χ1) is 15.0. The van der Waals surface area contributed by atoms with Gasteiger partial charge in [0, 0.05) is 25.3 Å². The highest BCUT2D eigenvalue weighted by Gasteiger charge is 2.13. The third kappa shape index (κ3) is 9.74. The summed E-state index contributed by atoms with van der Waals surface area (Å²) >= 11 is 0. The second-order valence-corrected chi connectivity index (χ2v) is 9.02. The van der Waals surface area contributed by atoms with E-state index in [4.69, 9.17) is 9.47 Å². The number of rotatable bonds is 12. The van der Waals surface area contributed by atoms with E-state index in [2.05, 4.69) is 15.6 Å². The van der Waals surface area contributed by atoms with Crippen molar-refractivity contribution in [1.82, 2.24) is 10.6 Å². The minimum absolute atomic E-state index is 0. The van der Waals surface area contributed by atoms with E-state index in [0.29, 0.717) is 43.8 Å². The van der Waals surface area contributed by atoms with Gasteiger partial charge in [-0.05, 0) is 44.5 Å². The molecule has 0 bridgehead atoms. The van der Waals surface area contributed by atoms with Crippen LogP contribution in [0.2, 0.25) is 0 Å². The Morgan fingerprint density at radius 1 is 1.03 bits per heavy atom. The fourth-order valence-corrected chi connectivity index (χ4v) is 4.02. The van der Waals surface area contributed by atoms with Gasteiger partial charge in [-0.15, -0.1) is 24.0 Å². The Hall–Kier alpha value is -1.85. The van der Waals surface area contributed by atoms with Crippen molar-refractivity contribution in [2.24, 2.45) is 4.99 Å². The van der Waals surface area contributed by atoms with Gasteiger partial charge in [-0.3, -0.25) is 0 Å². The fourth-order valence-electron chi connectivity index (χ4n) is 2.84. The Balaban J connectivity index is 0.00000512. The van der Waals surface area contributed by atoms with Crippen molar-refractivity contribution >= 4 is 39.8 Å². The van der Waals surface area contributed by atoms with E-state index in [0.717, 1.165) is 16.9 Å². The first-order valence-corrected chi connectivity index (χ1v) is 12.2. The summed E-state index contributed by atoms with van der Waals surface area (Å²) in [6, 6.07) is 14.5. The molecule has 0 fully saturated rings. The highest BCUT2D eigenvalue weighted by Crippen LogP contribution is 2.21. The SMILES string of the molecule is CCNC(=NCc1ccc(C)cc1OCCOCC)NCCS(=O)(=O)c1ccccc1.I. The Morgan fingerprint density at radius 3 is 2.47 bits per heavy atom. The summed E-state index contributed by atoms with van der Waals surface area (Å²) in [5.74, 6) is 1.33. The standard InChI is InChI=1S/C23H33N3O4S.HI/c1-4-24-23(25-13-16-31(27,28)21-9-7-6-8-10-21)26-18-20-12-11-19(3)17-22(20)30-15-14-29-5-2;/h6-12,17H,4-5,13-16,18H2,1-3H3,(H2,24,25,26);1H. The van der Waals surface area contributed by atoms with E-state index in [1.165, 1.54) is 0 Å². The number of ether oxygens (including phenoxy) is 2. The number of hydrogen-bond donors (Lipinski definition) is 2. The summed E-state index contributed by atoms with van der Waals surface area (Å²) in [5, 5.41) is 6.26. The smallest absolute Gasteiger partial charge is 0.191 e. The molecule has 0 radical (unpaired) electrons. The number of nitrogens with one attached hydrogen (secondary N) is 2. The van der Waals surface area contributed by atoms with E-state index in [1.54, 1.807) is 30.3 Å². The van der Waals surface area contributed by atoms with Gasteiger partial charge in [0.2, 0.25) is 0 Å². The Morgan fingerprint density at radius 2 is 1.78 bits per heavy atom. The maximum Gasteiger partial charge on any atom is 0.191 e. The van der Waals surface area contributed by atoms with E-state index in [1.807, 2.05) is 39.0 Å². The molecule has 2 aromatic carbocycles. The molecule has 2 N–H and O–H groups in total. The zero-order valence-electron chi connectivity index (χ0n) is 19.0. The summed E-state index contributed by atoms with van der Waals surface area (Å²) in [7, 11) is -3.34. The van der Waals surface area contributed by atoms with Crippen molar-refractivity contribution in [2.75, 3.05) is 38.7 Å². The molecule has 0 aromatic heterocycles. The van der Waals surface area contributed by atoms with Crippen molar-refractivity contribution in [3.05, 3.63) is 59.7 Å². The van der Waals surface area contributed by atoms with Gasteiger partial charge in [0.1, 0.15) is 12.4 Å². The highest BCUT2D eigenvalue weighted by molar-refractivity contribution is 14.0. The molecule has 0 aliphatic heterocycles. The van der Waals surface area contributed by atoms with Crippen LogP contribution in [0.15, 0.2) is 58.4 Å². The molecule has 0 aliphatic carbocycles. The molecule has 32 heavy (non-hydrogen) atoms. The highest BCUT2D eigenvalue weighted by atomic mass is 127. The summed E-state index contributed by atoms with van der Waals surface area (Å²) < 4.78 is 36.1. The molecule has 9 heteroatoms. The van der Waals surface area contributed by atoms with Crippen LogP contribution in [0.3, 0.4) is 0 Å². The molecule has 0 spiro atoms. The van der Waals surface area contributed by atoms with Gasteiger partial charge in [-0.1, -0.05) is 30.3 Å². The first-order valence-electron chi connectivity index (χ1n) is 10.6. The number of sulfone groups is 1. The summed E-state index contributed by atoms with van der Waals surface area (Å²) in [4.78, 5) is 4.93. The van der Waals surface area contributed by atoms with E-state index in [9.17, 15) is 8.42 Å². The van der Waals surface area contributed by atoms with Gasteiger partial charge in [0.25, 0.3) is 0 Å². The molecule has 2 rings (SSSR count). The number of hydrogen-bond acceptors (Lipinski definition) is 5. The summed E-state index contributed by atoms with van der Waals surface area (Å²) in [5.41, 5.74) is 2.06. The Labute approximate surface area is 208 Å². The van der Waals surface area contributed by atoms with Crippen molar-refractivity contribution < 1.29 is 17.9 Å². The lowest BCUT2D eigenvalue weighted by Crippen LogP contribution is -2.39. The molecule has 0 saturated heterocycles. The number of halogens is 1.